The maximum Gasteiger partial charge on any atom is 0.155 e. The molecule has 0 aliphatic heterocycles. The highest BCUT2D eigenvalue weighted by molar-refractivity contribution is 5.87. The number of nitrogens with zero attached hydrogens (tertiary/aromatic N) is 1. The summed E-state index contributed by atoms with van der Waals surface area (Å²) in [6, 6.07) is 0. The van der Waals surface area contributed by atoms with Crippen LogP contribution in [0.3, 0.4) is 0 Å². The highest BCUT2D eigenvalue weighted by Crippen LogP contribution is 2.29. The van der Waals surface area contributed by atoms with E-state index >= 15 is 0 Å². The predicted octanol–water partition coefficient (Wildman–Crippen LogP) is 3.26. The lowest BCUT2D eigenvalue weighted by molar-refractivity contribution is -0.217. The summed E-state index contributed by atoms with van der Waals surface area (Å²) in [7, 11) is 0. The van der Waals surface area contributed by atoms with Gasteiger partial charge in [0, 0.05) is 12.0 Å². The Morgan fingerprint density at radius 2 is 1.38 bits per heavy atom. The van der Waals surface area contributed by atoms with Crippen molar-refractivity contribution in [3.05, 3.63) is 0 Å². The number of hydrogen-bond acceptors (Lipinski definition) is 3. The molecule has 0 aromatic rings. The van der Waals surface area contributed by atoms with Gasteiger partial charge in [0.05, 0.1) is 5.54 Å². The average Bonchev–Trinajstić information content (AvgIpc) is 1.97. The molecule has 0 saturated carbocycles. The van der Waals surface area contributed by atoms with Gasteiger partial charge in [-0.2, -0.15) is 5.06 Å². The minimum atomic E-state index is -0.842. The molecule has 0 unspecified atom stereocenters. The zero-order valence-corrected chi connectivity index (χ0v) is 12.0. The minimum Gasteiger partial charge on any atom is -0.313 e. The number of ketones is 1. The van der Waals surface area contributed by atoms with Crippen LogP contribution in [0.5, 0.6) is 0 Å². The van der Waals surface area contributed by atoms with Gasteiger partial charge < -0.3 is 5.21 Å². The van der Waals surface area contributed by atoms with Crippen molar-refractivity contribution < 1.29 is 10.0 Å². The first-order valence-electron chi connectivity index (χ1n) is 5.81. The molecule has 0 rings (SSSR count). The predicted molar refractivity (Wildman–Crippen MR) is 66.5 cm³/mol. The molecule has 0 bridgehead atoms. The summed E-state index contributed by atoms with van der Waals surface area (Å²) in [6.45, 7) is 15.3. The van der Waals surface area contributed by atoms with Crippen LogP contribution in [0, 0.1) is 5.41 Å². The molecule has 16 heavy (non-hydrogen) atoms. The molecule has 0 aromatic carbocycles. The van der Waals surface area contributed by atoms with Gasteiger partial charge >= 0.3 is 0 Å². The fourth-order valence-electron chi connectivity index (χ4n) is 1.65. The van der Waals surface area contributed by atoms with Gasteiger partial charge in [-0.05, 0) is 40.0 Å². The summed E-state index contributed by atoms with van der Waals surface area (Å²) >= 11 is 0. The molecule has 1 N–H and O–H groups in total. The maximum atomic E-state index is 12.2. The van der Waals surface area contributed by atoms with Gasteiger partial charge in [0.1, 0.15) is 0 Å². The van der Waals surface area contributed by atoms with Crippen LogP contribution in [-0.2, 0) is 4.79 Å². The second kappa shape index (κ2) is 4.46. The summed E-state index contributed by atoms with van der Waals surface area (Å²) in [5, 5.41) is 11.3. The molecule has 0 fully saturated rings. The molecule has 0 heterocycles. The Morgan fingerprint density at radius 3 is 1.62 bits per heavy atom. The third-order valence-electron chi connectivity index (χ3n) is 2.54. The zero-order valence-electron chi connectivity index (χ0n) is 12.0. The zero-order chi connectivity index (χ0) is 13.4. The number of carbonyl (C=O) groups excluding carboxylic acids is 1. The highest BCUT2D eigenvalue weighted by Gasteiger charge is 2.40. The van der Waals surface area contributed by atoms with Crippen molar-refractivity contribution in [1.29, 1.82) is 0 Å². The summed E-state index contributed by atoms with van der Waals surface area (Å²) in [5.41, 5.74) is -1.32. The van der Waals surface area contributed by atoms with Crippen LogP contribution >= 0.6 is 0 Å². The molecule has 0 spiro atoms. The van der Waals surface area contributed by atoms with Crippen molar-refractivity contribution in [2.45, 2.75) is 72.9 Å². The molecule has 3 heteroatoms. The third kappa shape index (κ3) is 4.22. The Kier molecular flexibility index (Phi) is 4.34. The molecule has 0 aliphatic carbocycles. The molecule has 0 amide bonds. The number of hydrogen-bond donors (Lipinski definition) is 1. The fourth-order valence-corrected chi connectivity index (χ4v) is 1.65. The van der Waals surface area contributed by atoms with E-state index in [9.17, 15) is 10.0 Å². The Hall–Kier alpha value is -0.410. The molecule has 96 valence electrons. The lowest BCUT2D eigenvalue weighted by Crippen LogP contribution is -2.56. The fraction of sp³-hybridized carbons (Fsp3) is 0.923. The van der Waals surface area contributed by atoms with Crippen LogP contribution in [-0.4, -0.2) is 27.1 Å². The van der Waals surface area contributed by atoms with E-state index in [2.05, 4.69) is 0 Å². The Bertz CT molecular complexity index is 256. The normalized spacial score (nSPS) is 14.4. The maximum absolute atomic E-state index is 12.2. The van der Waals surface area contributed by atoms with Gasteiger partial charge in [-0.3, -0.25) is 4.79 Å². The van der Waals surface area contributed by atoms with Gasteiger partial charge in [-0.1, -0.05) is 20.8 Å². The summed E-state index contributed by atoms with van der Waals surface area (Å²) in [6.07, 6.45) is 0.465. The summed E-state index contributed by atoms with van der Waals surface area (Å²) in [4.78, 5) is 12.2. The quantitative estimate of drug-likeness (QED) is 0.755. The van der Waals surface area contributed by atoms with E-state index in [1.54, 1.807) is 13.8 Å². The number of rotatable bonds is 3. The van der Waals surface area contributed by atoms with Crippen LogP contribution < -0.4 is 0 Å². The first-order valence-corrected chi connectivity index (χ1v) is 5.81. The highest BCUT2D eigenvalue weighted by atomic mass is 16.5. The summed E-state index contributed by atoms with van der Waals surface area (Å²) < 4.78 is 0. The molecule has 0 atom stereocenters. The Labute approximate surface area is 99.8 Å². The van der Waals surface area contributed by atoms with Crippen molar-refractivity contribution in [1.82, 2.24) is 5.06 Å². The average molecular weight is 229 g/mol. The van der Waals surface area contributed by atoms with Crippen molar-refractivity contribution in [2.75, 3.05) is 0 Å². The van der Waals surface area contributed by atoms with Crippen LogP contribution in [0.2, 0.25) is 0 Å². The van der Waals surface area contributed by atoms with Crippen LogP contribution in [0.1, 0.15) is 61.8 Å². The Balaban J connectivity index is 4.86. The molecular weight excluding hydrogens is 202 g/mol. The Morgan fingerprint density at radius 1 is 1.00 bits per heavy atom. The standard InChI is InChI=1S/C13H27NO2/c1-11(2,3)9-10(15)13(7,8)14(16)12(4,5)6/h16H,9H2,1-8H3. The van der Waals surface area contributed by atoms with Gasteiger partial charge in [0.15, 0.2) is 5.78 Å². The first kappa shape index (κ1) is 15.6. The van der Waals surface area contributed by atoms with Crippen molar-refractivity contribution in [3.8, 4) is 0 Å². The monoisotopic (exact) mass is 229 g/mol. The van der Waals surface area contributed by atoms with E-state index in [-0.39, 0.29) is 11.2 Å². The van der Waals surface area contributed by atoms with Gasteiger partial charge in [-0.25, -0.2) is 0 Å². The van der Waals surface area contributed by atoms with Crippen molar-refractivity contribution >= 4 is 5.78 Å². The van der Waals surface area contributed by atoms with Gasteiger partial charge in [0.2, 0.25) is 0 Å². The lowest BCUT2D eigenvalue weighted by atomic mass is 9.82. The van der Waals surface area contributed by atoms with Crippen LogP contribution in [0.25, 0.3) is 0 Å². The van der Waals surface area contributed by atoms with Crippen LogP contribution in [0.15, 0.2) is 0 Å². The second-order valence-corrected chi connectivity index (χ2v) is 7.20. The van der Waals surface area contributed by atoms with E-state index in [1.807, 2.05) is 41.5 Å². The largest absolute Gasteiger partial charge is 0.313 e. The lowest BCUT2D eigenvalue weighted by Gasteiger charge is -2.41. The second-order valence-electron chi connectivity index (χ2n) is 7.20. The molecule has 0 aromatic heterocycles. The van der Waals surface area contributed by atoms with Gasteiger partial charge in [0.25, 0.3) is 0 Å². The van der Waals surface area contributed by atoms with E-state index in [1.165, 1.54) is 0 Å². The SMILES string of the molecule is CC(C)(C)CC(=O)C(C)(C)N(O)C(C)(C)C. The van der Waals surface area contributed by atoms with Crippen LogP contribution in [0.4, 0.5) is 0 Å². The smallest absolute Gasteiger partial charge is 0.155 e. The third-order valence-corrected chi connectivity index (χ3v) is 2.54. The van der Waals surface area contributed by atoms with E-state index in [4.69, 9.17) is 0 Å². The minimum absolute atomic E-state index is 0.0485. The molecule has 3 nitrogen and oxygen atoms in total. The molecule has 0 aliphatic rings. The summed E-state index contributed by atoms with van der Waals surface area (Å²) in [5.74, 6) is 0.0671. The number of hydroxylamine groups is 2. The molecular formula is C13H27NO2. The van der Waals surface area contributed by atoms with Crippen molar-refractivity contribution in [3.63, 3.8) is 0 Å². The number of Topliss-reactive ketones (excluding diaryl/α,β-unsaturated/α-hetero) is 1. The van der Waals surface area contributed by atoms with E-state index in [0.717, 1.165) is 5.06 Å². The molecule has 0 radical (unpaired) electrons. The van der Waals surface area contributed by atoms with Crippen molar-refractivity contribution in [2.24, 2.45) is 5.41 Å². The first-order chi connectivity index (χ1) is 6.78. The number of carbonyl (C=O) groups is 1. The van der Waals surface area contributed by atoms with E-state index < -0.39 is 11.1 Å². The van der Waals surface area contributed by atoms with E-state index in [0.29, 0.717) is 6.42 Å². The topological polar surface area (TPSA) is 40.5 Å². The van der Waals surface area contributed by atoms with Gasteiger partial charge in [-0.15, -0.1) is 0 Å². The molecule has 0 saturated heterocycles.